The molecule has 2 aromatic heterocycles. The number of hydrogen-bond donors (Lipinski definition) is 2. The predicted molar refractivity (Wildman–Crippen MR) is 131 cm³/mol. The molecule has 1 atom stereocenters. The van der Waals surface area contributed by atoms with E-state index < -0.39 is 40.8 Å². The molecule has 1 unspecified atom stereocenters. The van der Waals surface area contributed by atoms with Crippen molar-refractivity contribution in [2.75, 3.05) is 0 Å². The highest BCUT2D eigenvalue weighted by Gasteiger charge is 2.22. The molecule has 0 amide bonds. The molecule has 0 aliphatic rings. The monoisotopic (exact) mass is 525 g/mol. The van der Waals surface area contributed by atoms with Crippen LogP contribution >= 0.6 is 0 Å². The fourth-order valence-corrected chi connectivity index (χ4v) is 4.31. The molecule has 0 spiro atoms. The van der Waals surface area contributed by atoms with Crippen LogP contribution in [0, 0.1) is 29.1 Å². The fraction of sp³-hybridized carbons (Fsp3) is 0.143. The zero-order valence-electron chi connectivity index (χ0n) is 19.9. The Kier molecular flexibility index (Phi) is 6.71. The summed E-state index contributed by atoms with van der Waals surface area (Å²) in [4.78, 5) is 20.5. The Hall–Kier alpha value is -4.47. The van der Waals surface area contributed by atoms with Crippen LogP contribution in [0.15, 0.2) is 54.9 Å². The molecule has 5 rings (SSSR count). The normalized spacial score (nSPS) is 12.2. The number of fused-ring (bicyclic) bond motifs is 1. The van der Waals surface area contributed by atoms with Crippen molar-refractivity contribution in [2.45, 2.75) is 25.7 Å². The van der Waals surface area contributed by atoms with Crippen LogP contribution in [0.5, 0.6) is 11.5 Å². The number of halogens is 5. The van der Waals surface area contributed by atoms with Gasteiger partial charge < -0.3 is 19.5 Å². The van der Waals surface area contributed by atoms with E-state index in [0.29, 0.717) is 12.0 Å². The Morgan fingerprint density at radius 3 is 2.61 bits per heavy atom. The molecule has 2 N–H and O–H groups in total. The van der Waals surface area contributed by atoms with Gasteiger partial charge in [-0.1, -0.05) is 6.92 Å². The van der Waals surface area contributed by atoms with Crippen LogP contribution in [0.3, 0.4) is 0 Å². The summed E-state index contributed by atoms with van der Waals surface area (Å²) in [7, 11) is 0. The number of hydrogen-bond acceptors (Lipinski definition) is 3. The van der Waals surface area contributed by atoms with E-state index in [1.165, 1.54) is 30.6 Å². The molecule has 0 aliphatic heterocycles. The fourth-order valence-electron chi connectivity index (χ4n) is 4.31. The number of nitrogens with zero attached hydrogens (tertiary/aromatic N) is 1. The molecule has 5 nitrogen and oxygen atoms in total. The third kappa shape index (κ3) is 4.65. The molecule has 2 heterocycles. The van der Waals surface area contributed by atoms with Crippen LogP contribution in [-0.2, 0) is 11.2 Å². The standard InChI is InChI=1S/C28H20F5N3O2/c1-14(19-10-16(29)9-15(25(19)32)3-2-8-37)24-13-35-28(36-24)20-11-17(4-5-21(20)30)38-27-22(31)12-23-18(26(27)33)6-7-34-23/h4-14,34H,2-3H2,1H3,(H,35,36). The number of carbonyl (C=O) groups is 1. The number of imidazole rings is 1. The number of ether oxygens (including phenoxy) is 1. The Labute approximate surface area is 213 Å². The molecule has 0 aliphatic carbocycles. The van der Waals surface area contributed by atoms with Gasteiger partial charge in [0, 0.05) is 41.9 Å². The molecule has 5 aromatic rings. The number of aromatic amines is 2. The van der Waals surface area contributed by atoms with Gasteiger partial charge in [-0.25, -0.2) is 26.9 Å². The summed E-state index contributed by atoms with van der Waals surface area (Å²) >= 11 is 0. The number of H-pyrrole nitrogens is 2. The van der Waals surface area contributed by atoms with E-state index in [4.69, 9.17) is 4.74 Å². The van der Waals surface area contributed by atoms with Crippen molar-refractivity contribution in [3.05, 3.63) is 101 Å². The number of nitrogens with one attached hydrogen (secondary N) is 2. The first-order valence-electron chi connectivity index (χ1n) is 11.7. The second-order valence-electron chi connectivity index (χ2n) is 8.77. The lowest BCUT2D eigenvalue weighted by molar-refractivity contribution is -0.107. The first kappa shape index (κ1) is 25.2. The van der Waals surface area contributed by atoms with Crippen molar-refractivity contribution < 1.29 is 31.5 Å². The van der Waals surface area contributed by atoms with Crippen LogP contribution in [0.1, 0.15) is 36.1 Å². The van der Waals surface area contributed by atoms with Crippen molar-refractivity contribution in [3.63, 3.8) is 0 Å². The van der Waals surface area contributed by atoms with Gasteiger partial charge in [-0.15, -0.1) is 0 Å². The first-order chi connectivity index (χ1) is 18.3. The molecule has 3 aromatic carbocycles. The van der Waals surface area contributed by atoms with E-state index in [-0.39, 0.29) is 52.0 Å². The Balaban J connectivity index is 1.45. The highest BCUT2D eigenvalue weighted by molar-refractivity contribution is 5.82. The average Bonchev–Trinajstić information content (AvgIpc) is 3.57. The van der Waals surface area contributed by atoms with Gasteiger partial charge in [0.25, 0.3) is 0 Å². The van der Waals surface area contributed by atoms with Crippen molar-refractivity contribution in [2.24, 2.45) is 0 Å². The summed E-state index contributed by atoms with van der Waals surface area (Å²) in [6, 6.07) is 8.14. The van der Waals surface area contributed by atoms with E-state index >= 15 is 4.39 Å². The number of aromatic nitrogens is 3. The Bertz CT molecular complexity index is 1660. The molecule has 0 bridgehead atoms. The van der Waals surface area contributed by atoms with E-state index in [1.807, 2.05) is 0 Å². The van der Waals surface area contributed by atoms with Crippen LogP contribution in [0.4, 0.5) is 22.0 Å². The van der Waals surface area contributed by atoms with Crippen LogP contribution < -0.4 is 4.74 Å². The number of aryl methyl sites for hydroxylation is 1. The number of benzene rings is 3. The van der Waals surface area contributed by atoms with Gasteiger partial charge in [0.15, 0.2) is 17.4 Å². The van der Waals surface area contributed by atoms with E-state index in [1.54, 1.807) is 6.92 Å². The van der Waals surface area contributed by atoms with E-state index in [2.05, 4.69) is 15.0 Å². The number of rotatable bonds is 8. The lowest BCUT2D eigenvalue weighted by atomic mass is 9.94. The minimum Gasteiger partial charge on any atom is -0.451 e. The average molecular weight is 525 g/mol. The van der Waals surface area contributed by atoms with E-state index in [9.17, 15) is 22.4 Å². The second-order valence-corrected chi connectivity index (χ2v) is 8.77. The Morgan fingerprint density at radius 2 is 1.82 bits per heavy atom. The molecule has 0 fully saturated rings. The predicted octanol–water partition coefficient (Wildman–Crippen LogP) is 7.33. The highest BCUT2D eigenvalue weighted by Crippen LogP contribution is 2.35. The molecular weight excluding hydrogens is 505 g/mol. The minimum absolute atomic E-state index is 0.0453. The molecule has 0 radical (unpaired) electrons. The van der Waals surface area contributed by atoms with Gasteiger partial charge in [0.05, 0.1) is 11.1 Å². The molecule has 0 saturated carbocycles. The highest BCUT2D eigenvalue weighted by atomic mass is 19.1. The largest absolute Gasteiger partial charge is 0.451 e. The van der Waals surface area contributed by atoms with Gasteiger partial charge >= 0.3 is 0 Å². The third-order valence-electron chi connectivity index (χ3n) is 6.32. The molecule has 194 valence electrons. The smallest absolute Gasteiger partial charge is 0.199 e. The van der Waals surface area contributed by atoms with Gasteiger partial charge in [0.1, 0.15) is 35.3 Å². The van der Waals surface area contributed by atoms with E-state index in [0.717, 1.165) is 24.3 Å². The summed E-state index contributed by atoms with van der Waals surface area (Å²) in [6.07, 6.45) is 3.55. The van der Waals surface area contributed by atoms with Gasteiger partial charge in [-0.2, -0.15) is 0 Å². The minimum atomic E-state index is -0.943. The lowest BCUT2D eigenvalue weighted by Gasteiger charge is -2.14. The molecule has 10 heteroatoms. The van der Waals surface area contributed by atoms with Crippen molar-refractivity contribution >= 4 is 17.2 Å². The lowest BCUT2D eigenvalue weighted by Crippen LogP contribution is -2.05. The SMILES string of the molecule is CC(c1cnc(-c2cc(Oc3c(F)cc4[nH]ccc4c3F)ccc2F)[nH]1)c1cc(F)cc(CCC=O)c1F. The second kappa shape index (κ2) is 10.1. The topological polar surface area (TPSA) is 70.8 Å². The van der Waals surface area contributed by atoms with Crippen LogP contribution in [0.2, 0.25) is 0 Å². The van der Waals surface area contributed by atoms with Crippen LogP contribution in [0.25, 0.3) is 22.3 Å². The number of carbonyl (C=O) groups excluding carboxylic acids is 1. The maximum Gasteiger partial charge on any atom is 0.199 e. The van der Waals surface area contributed by atoms with Gasteiger partial charge in [-0.05, 0) is 53.9 Å². The molecular formula is C28H20F5N3O2. The summed E-state index contributed by atoms with van der Waals surface area (Å²) in [5, 5.41) is 0.132. The maximum atomic E-state index is 15.1. The zero-order valence-corrected chi connectivity index (χ0v) is 19.9. The van der Waals surface area contributed by atoms with Crippen molar-refractivity contribution in [3.8, 4) is 22.9 Å². The summed E-state index contributed by atoms with van der Waals surface area (Å²) in [6.45, 7) is 1.62. The first-order valence-corrected chi connectivity index (χ1v) is 11.7. The van der Waals surface area contributed by atoms with Crippen molar-refractivity contribution in [1.82, 2.24) is 15.0 Å². The van der Waals surface area contributed by atoms with Gasteiger partial charge in [-0.3, -0.25) is 0 Å². The quantitative estimate of drug-likeness (QED) is 0.165. The maximum absolute atomic E-state index is 15.1. The molecule has 0 saturated heterocycles. The summed E-state index contributed by atoms with van der Waals surface area (Å²) in [5.41, 5.74) is 0.689. The number of aldehydes is 1. The summed E-state index contributed by atoms with van der Waals surface area (Å²) in [5.74, 6) is -5.17. The summed E-state index contributed by atoms with van der Waals surface area (Å²) < 4.78 is 78.7. The molecule has 38 heavy (non-hydrogen) atoms. The van der Waals surface area contributed by atoms with Crippen LogP contribution in [-0.4, -0.2) is 21.2 Å². The van der Waals surface area contributed by atoms with Gasteiger partial charge in [0.2, 0.25) is 0 Å². The Morgan fingerprint density at radius 1 is 1.00 bits per heavy atom. The third-order valence-corrected chi connectivity index (χ3v) is 6.32. The zero-order chi connectivity index (χ0) is 27.0. The van der Waals surface area contributed by atoms with Crippen molar-refractivity contribution in [1.29, 1.82) is 0 Å².